The van der Waals surface area contributed by atoms with Gasteiger partial charge in [-0.2, -0.15) is 0 Å². The minimum atomic E-state index is -0.224. The molecule has 2 aromatic rings. The van der Waals surface area contributed by atoms with Gasteiger partial charge in [-0.25, -0.2) is 0 Å². The van der Waals surface area contributed by atoms with Crippen molar-refractivity contribution in [1.29, 1.82) is 0 Å². The number of nitrogens with zero attached hydrogens (tertiary/aromatic N) is 2. The maximum Gasteiger partial charge on any atom is 0.257 e. The van der Waals surface area contributed by atoms with E-state index in [1.54, 1.807) is 24.3 Å². The predicted octanol–water partition coefficient (Wildman–Crippen LogP) is 3.39. The molecule has 1 heterocycles. The molecule has 0 atom stereocenters. The largest absolute Gasteiger partial charge is 0.484 e. The van der Waals surface area contributed by atoms with E-state index in [1.165, 1.54) is 6.42 Å². The summed E-state index contributed by atoms with van der Waals surface area (Å²) in [7, 11) is 0. The Balaban J connectivity index is 1.33. The molecular formula is C19H22ClN3O4. The Morgan fingerprint density at radius 2 is 2.07 bits per heavy atom. The van der Waals surface area contributed by atoms with E-state index in [9.17, 15) is 4.79 Å². The van der Waals surface area contributed by atoms with Gasteiger partial charge in [0.25, 0.3) is 5.91 Å². The van der Waals surface area contributed by atoms with E-state index in [0.29, 0.717) is 53.8 Å². The molecule has 0 spiro atoms. The first-order valence-corrected chi connectivity index (χ1v) is 9.25. The van der Waals surface area contributed by atoms with Gasteiger partial charge in [0.1, 0.15) is 12.4 Å². The zero-order chi connectivity index (χ0) is 19.1. The van der Waals surface area contributed by atoms with Crippen LogP contribution in [-0.2, 0) is 16.1 Å². The first-order chi connectivity index (χ1) is 13.1. The molecule has 144 valence electrons. The van der Waals surface area contributed by atoms with E-state index in [0.717, 1.165) is 12.8 Å². The number of halogens is 1. The molecule has 0 unspecified atom stereocenters. The fraction of sp³-hybridized carbons (Fsp3) is 0.421. The number of aromatic nitrogens is 2. The number of carbonyl (C=O) groups is 1. The Hall–Kier alpha value is -2.38. The summed E-state index contributed by atoms with van der Waals surface area (Å²) in [5.74, 6) is 1.17. The lowest BCUT2D eigenvalue weighted by molar-refractivity contribution is -0.123. The molecule has 1 saturated carbocycles. The number of hydrogen-bond acceptors (Lipinski definition) is 6. The van der Waals surface area contributed by atoms with Gasteiger partial charge in [0.15, 0.2) is 6.61 Å². The highest BCUT2D eigenvalue weighted by atomic mass is 35.5. The molecule has 8 heteroatoms. The van der Waals surface area contributed by atoms with Crippen LogP contribution < -0.4 is 10.1 Å². The van der Waals surface area contributed by atoms with Crippen molar-refractivity contribution in [2.24, 2.45) is 0 Å². The van der Waals surface area contributed by atoms with E-state index in [4.69, 9.17) is 25.5 Å². The fourth-order valence-electron chi connectivity index (χ4n) is 2.37. The first-order valence-electron chi connectivity index (χ1n) is 8.87. The second kappa shape index (κ2) is 9.53. The molecule has 0 saturated heterocycles. The summed E-state index contributed by atoms with van der Waals surface area (Å²) < 4.78 is 16.6. The third-order valence-electron chi connectivity index (χ3n) is 4.20. The van der Waals surface area contributed by atoms with Gasteiger partial charge in [-0.3, -0.25) is 4.79 Å². The quantitative estimate of drug-likeness (QED) is 0.668. The van der Waals surface area contributed by atoms with Gasteiger partial charge < -0.3 is 19.2 Å². The standard InChI is InChI=1S/C19H22ClN3O4/c1-13(19-23-22-18(27-19)12-26-15-3-2-4-15)9-10-21-17(24)11-25-16-7-5-14(20)6-8-16/h5-8,15H,1-4,9-12H2,(H,21,24). The topological polar surface area (TPSA) is 86.5 Å². The molecule has 1 amide bonds. The molecule has 1 aromatic heterocycles. The Bertz CT molecular complexity index is 772. The van der Waals surface area contributed by atoms with Crippen molar-refractivity contribution in [3.8, 4) is 5.75 Å². The molecule has 1 fully saturated rings. The highest BCUT2D eigenvalue weighted by Gasteiger charge is 2.19. The summed E-state index contributed by atoms with van der Waals surface area (Å²) in [6.45, 7) is 4.58. The van der Waals surface area contributed by atoms with Gasteiger partial charge in [0.05, 0.1) is 6.10 Å². The molecule has 0 bridgehead atoms. The number of amides is 1. The number of ether oxygens (including phenoxy) is 2. The highest BCUT2D eigenvalue weighted by molar-refractivity contribution is 6.30. The summed E-state index contributed by atoms with van der Waals surface area (Å²) in [5, 5.41) is 11.3. The smallest absolute Gasteiger partial charge is 0.257 e. The number of benzene rings is 1. The normalized spacial score (nSPS) is 13.8. The molecular weight excluding hydrogens is 370 g/mol. The van der Waals surface area contributed by atoms with Gasteiger partial charge >= 0.3 is 0 Å². The summed E-state index contributed by atoms with van der Waals surface area (Å²) in [5.41, 5.74) is 0.663. The van der Waals surface area contributed by atoms with Crippen LogP contribution in [0.15, 0.2) is 35.3 Å². The maximum absolute atomic E-state index is 11.8. The second-order valence-electron chi connectivity index (χ2n) is 6.31. The summed E-state index contributed by atoms with van der Waals surface area (Å²) in [4.78, 5) is 11.8. The van der Waals surface area contributed by atoms with Crippen LogP contribution in [-0.4, -0.2) is 35.4 Å². The van der Waals surface area contributed by atoms with Crippen LogP contribution in [0.1, 0.15) is 37.5 Å². The van der Waals surface area contributed by atoms with E-state index in [1.807, 2.05) is 0 Å². The Labute approximate surface area is 162 Å². The van der Waals surface area contributed by atoms with Crippen molar-refractivity contribution in [3.05, 3.63) is 47.6 Å². The van der Waals surface area contributed by atoms with Crippen molar-refractivity contribution in [1.82, 2.24) is 15.5 Å². The lowest BCUT2D eigenvalue weighted by Crippen LogP contribution is -2.29. The Morgan fingerprint density at radius 1 is 1.30 bits per heavy atom. The van der Waals surface area contributed by atoms with Crippen LogP contribution in [0, 0.1) is 0 Å². The van der Waals surface area contributed by atoms with Crippen molar-refractivity contribution in [3.63, 3.8) is 0 Å². The minimum absolute atomic E-state index is 0.0721. The van der Waals surface area contributed by atoms with Gasteiger partial charge in [0.2, 0.25) is 11.8 Å². The fourth-order valence-corrected chi connectivity index (χ4v) is 2.50. The maximum atomic E-state index is 11.8. The number of nitrogens with one attached hydrogen (secondary N) is 1. The van der Waals surface area contributed by atoms with Gasteiger partial charge in [-0.1, -0.05) is 18.2 Å². The lowest BCUT2D eigenvalue weighted by Gasteiger charge is -2.24. The van der Waals surface area contributed by atoms with Crippen molar-refractivity contribution in [2.75, 3.05) is 13.2 Å². The van der Waals surface area contributed by atoms with E-state index in [2.05, 4.69) is 22.1 Å². The Kier molecular flexibility index (Phi) is 6.84. The van der Waals surface area contributed by atoms with Crippen molar-refractivity contribution in [2.45, 2.75) is 38.4 Å². The molecule has 1 aromatic carbocycles. The predicted molar refractivity (Wildman–Crippen MR) is 100 cm³/mol. The van der Waals surface area contributed by atoms with Crippen LogP contribution in [0.2, 0.25) is 5.02 Å². The minimum Gasteiger partial charge on any atom is -0.484 e. The van der Waals surface area contributed by atoms with Gasteiger partial charge in [-0.05, 0) is 49.9 Å². The van der Waals surface area contributed by atoms with E-state index >= 15 is 0 Å². The highest BCUT2D eigenvalue weighted by Crippen LogP contribution is 2.23. The van der Waals surface area contributed by atoms with Gasteiger partial charge in [0, 0.05) is 17.1 Å². The molecule has 27 heavy (non-hydrogen) atoms. The van der Waals surface area contributed by atoms with Crippen LogP contribution in [0.4, 0.5) is 0 Å². The van der Waals surface area contributed by atoms with Crippen molar-refractivity contribution >= 4 is 23.1 Å². The van der Waals surface area contributed by atoms with Gasteiger partial charge in [-0.15, -0.1) is 10.2 Å². The third kappa shape index (κ3) is 6.08. The Morgan fingerprint density at radius 3 is 2.78 bits per heavy atom. The third-order valence-corrected chi connectivity index (χ3v) is 4.45. The molecule has 1 N–H and O–H groups in total. The SMILES string of the molecule is C=C(CCNC(=O)COc1ccc(Cl)cc1)c1nnc(COC2CCC2)o1. The van der Waals surface area contributed by atoms with E-state index in [-0.39, 0.29) is 12.5 Å². The van der Waals surface area contributed by atoms with Crippen LogP contribution in [0.3, 0.4) is 0 Å². The van der Waals surface area contributed by atoms with Crippen LogP contribution in [0.25, 0.3) is 5.57 Å². The summed E-state index contributed by atoms with van der Waals surface area (Å²) in [6, 6.07) is 6.82. The molecule has 7 nitrogen and oxygen atoms in total. The second-order valence-corrected chi connectivity index (χ2v) is 6.75. The molecule has 3 rings (SSSR count). The van der Waals surface area contributed by atoms with Crippen LogP contribution in [0.5, 0.6) is 5.75 Å². The average Bonchev–Trinajstić information content (AvgIpc) is 3.09. The number of hydrogen-bond donors (Lipinski definition) is 1. The first kappa shape index (κ1) is 19.4. The lowest BCUT2D eigenvalue weighted by atomic mass is 9.96. The zero-order valence-corrected chi connectivity index (χ0v) is 15.7. The monoisotopic (exact) mass is 391 g/mol. The summed E-state index contributed by atoms with van der Waals surface area (Å²) >= 11 is 5.80. The molecule has 0 radical (unpaired) electrons. The molecule has 1 aliphatic rings. The summed E-state index contributed by atoms with van der Waals surface area (Å²) in [6.07, 6.45) is 4.21. The number of rotatable bonds is 10. The average molecular weight is 392 g/mol. The zero-order valence-electron chi connectivity index (χ0n) is 14.9. The van der Waals surface area contributed by atoms with E-state index < -0.39 is 0 Å². The molecule has 0 aliphatic heterocycles. The van der Waals surface area contributed by atoms with Crippen molar-refractivity contribution < 1.29 is 18.7 Å². The molecule has 1 aliphatic carbocycles. The number of carbonyl (C=O) groups excluding carboxylic acids is 1. The van der Waals surface area contributed by atoms with Crippen LogP contribution >= 0.6 is 11.6 Å².